The van der Waals surface area contributed by atoms with Crippen LogP contribution >= 0.6 is 0 Å². The maximum absolute atomic E-state index is 6.48. The third-order valence-electron chi connectivity index (χ3n) is 6.00. The molecule has 1 aliphatic rings. The molecule has 4 heteroatoms. The number of rotatable bonds is 10. The largest absolute Gasteiger partial charge is 0.378 e. The van der Waals surface area contributed by atoms with E-state index in [0.717, 1.165) is 22.3 Å². The molecule has 1 saturated carbocycles. The van der Waals surface area contributed by atoms with Crippen LogP contribution < -0.4 is 0 Å². The summed E-state index contributed by atoms with van der Waals surface area (Å²) in [5.41, 5.74) is 4.30. The van der Waals surface area contributed by atoms with Crippen LogP contribution in [0.5, 0.6) is 0 Å². The Labute approximate surface area is 196 Å². The van der Waals surface area contributed by atoms with Gasteiger partial charge in [0.05, 0.1) is 25.9 Å². The maximum Gasteiger partial charge on any atom is 0.117 e. The highest BCUT2D eigenvalue weighted by atomic mass is 16.6. The van der Waals surface area contributed by atoms with E-state index in [-0.39, 0.29) is 24.4 Å². The van der Waals surface area contributed by atoms with Crippen LogP contribution in [0.3, 0.4) is 0 Å². The van der Waals surface area contributed by atoms with E-state index in [1.807, 2.05) is 54.6 Å². The van der Waals surface area contributed by atoms with Crippen LogP contribution in [0.25, 0.3) is 0 Å². The molecule has 0 aromatic heterocycles. The smallest absolute Gasteiger partial charge is 0.117 e. The highest BCUT2D eigenvalue weighted by molar-refractivity contribution is 5.19. The Hall–Kier alpha value is -2.76. The van der Waals surface area contributed by atoms with E-state index in [0.29, 0.717) is 26.2 Å². The van der Waals surface area contributed by atoms with Crippen molar-refractivity contribution in [1.29, 1.82) is 0 Å². The number of hydrogen-bond acceptors (Lipinski definition) is 4. The van der Waals surface area contributed by atoms with Gasteiger partial charge in [-0.25, -0.2) is 0 Å². The van der Waals surface area contributed by atoms with Gasteiger partial charge < -0.3 is 18.9 Å². The fraction of sp³-hybridized carbons (Fsp3) is 0.310. The molecule has 4 nitrogen and oxygen atoms in total. The molecule has 1 aliphatic carbocycles. The van der Waals surface area contributed by atoms with Crippen molar-refractivity contribution in [2.24, 2.45) is 0 Å². The summed E-state index contributed by atoms with van der Waals surface area (Å²) in [6.45, 7) is 5.75. The summed E-state index contributed by atoms with van der Waals surface area (Å²) in [5, 5.41) is 0. The van der Waals surface area contributed by atoms with E-state index in [2.05, 4.69) is 43.0 Å². The van der Waals surface area contributed by atoms with Crippen molar-refractivity contribution in [3.05, 3.63) is 120 Å². The van der Waals surface area contributed by atoms with Crippen LogP contribution in [0.15, 0.2) is 103 Å². The minimum absolute atomic E-state index is 0.154. The first-order valence-electron chi connectivity index (χ1n) is 11.4. The number of hydrogen-bond donors (Lipinski definition) is 0. The van der Waals surface area contributed by atoms with Crippen molar-refractivity contribution in [2.45, 2.75) is 50.7 Å². The summed E-state index contributed by atoms with van der Waals surface area (Å²) in [6, 6.07) is 30.5. The lowest BCUT2D eigenvalue weighted by atomic mass is 9.85. The summed E-state index contributed by atoms with van der Waals surface area (Å²) >= 11 is 0. The summed E-state index contributed by atoms with van der Waals surface area (Å²) in [6.07, 6.45) is -0.408. The van der Waals surface area contributed by atoms with Crippen LogP contribution in [-0.4, -0.2) is 31.5 Å². The Morgan fingerprint density at radius 1 is 0.636 bits per heavy atom. The molecule has 0 bridgehead atoms. The standard InChI is InChI=1S/C29H32O4/c1-22-18-26(30-2)28(32-20-24-14-8-4-9-15-24)29(33-21-25-16-10-5-11-17-25)27(22)31-19-23-12-6-3-7-13-23/h3-17,26-29H,1,18-21H2,2H3/t26-,27+,28-,29-/m0/s1. The third kappa shape index (κ3) is 6.40. The molecule has 0 N–H and O–H groups in total. The third-order valence-corrected chi connectivity index (χ3v) is 6.00. The summed E-state index contributed by atoms with van der Waals surface area (Å²) in [5.74, 6) is 0. The molecule has 33 heavy (non-hydrogen) atoms. The predicted molar refractivity (Wildman–Crippen MR) is 130 cm³/mol. The van der Waals surface area contributed by atoms with E-state index in [1.54, 1.807) is 7.11 Å². The van der Waals surface area contributed by atoms with Gasteiger partial charge in [0.1, 0.15) is 18.3 Å². The van der Waals surface area contributed by atoms with E-state index in [9.17, 15) is 0 Å². The van der Waals surface area contributed by atoms with Gasteiger partial charge in [0.2, 0.25) is 0 Å². The van der Waals surface area contributed by atoms with Gasteiger partial charge >= 0.3 is 0 Å². The van der Waals surface area contributed by atoms with Crippen molar-refractivity contribution in [3.8, 4) is 0 Å². The van der Waals surface area contributed by atoms with Crippen molar-refractivity contribution in [3.63, 3.8) is 0 Å². The second-order valence-electron chi connectivity index (χ2n) is 8.38. The molecule has 0 unspecified atom stereocenters. The predicted octanol–water partition coefficient (Wildman–Crippen LogP) is 5.72. The second-order valence-corrected chi connectivity index (χ2v) is 8.38. The van der Waals surface area contributed by atoms with Gasteiger partial charge in [0, 0.05) is 7.11 Å². The van der Waals surface area contributed by atoms with Crippen LogP contribution in [0, 0.1) is 0 Å². The average molecular weight is 445 g/mol. The molecule has 172 valence electrons. The van der Waals surface area contributed by atoms with E-state index in [1.165, 1.54) is 0 Å². The monoisotopic (exact) mass is 444 g/mol. The van der Waals surface area contributed by atoms with Crippen molar-refractivity contribution in [2.75, 3.05) is 7.11 Å². The summed E-state index contributed by atoms with van der Waals surface area (Å²) in [7, 11) is 1.72. The van der Waals surface area contributed by atoms with E-state index in [4.69, 9.17) is 18.9 Å². The number of benzene rings is 3. The summed E-state index contributed by atoms with van der Waals surface area (Å²) < 4.78 is 25.1. The minimum Gasteiger partial charge on any atom is -0.378 e. The molecule has 3 aromatic carbocycles. The minimum atomic E-state index is -0.344. The Balaban J connectivity index is 1.54. The second kappa shape index (κ2) is 11.9. The van der Waals surface area contributed by atoms with Gasteiger partial charge in [-0.1, -0.05) is 97.6 Å². The fourth-order valence-electron chi connectivity index (χ4n) is 4.22. The van der Waals surface area contributed by atoms with Crippen molar-refractivity contribution < 1.29 is 18.9 Å². The Morgan fingerprint density at radius 3 is 1.52 bits per heavy atom. The quantitative estimate of drug-likeness (QED) is 0.375. The summed E-state index contributed by atoms with van der Waals surface area (Å²) in [4.78, 5) is 0. The average Bonchev–Trinajstić information content (AvgIpc) is 2.87. The zero-order valence-corrected chi connectivity index (χ0v) is 19.1. The first-order chi connectivity index (χ1) is 16.2. The van der Waals surface area contributed by atoms with Crippen LogP contribution in [0.2, 0.25) is 0 Å². The molecule has 4 rings (SSSR count). The molecule has 0 radical (unpaired) electrons. The molecular formula is C29H32O4. The van der Waals surface area contributed by atoms with Gasteiger partial charge in [-0.3, -0.25) is 0 Å². The normalized spacial score (nSPS) is 22.9. The van der Waals surface area contributed by atoms with Gasteiger partial charge in [-0.15, -0.1) is 0 Å². The zero-order chi connectivity index (χ0) is 22.9. The van der Waals surface area contributed by atoms with Crippen LogP contribution in [-0.2, 0) is 38.8 Å². The Bertz CT molecular complexity index is 974. The molecule has 4 atom stereocenters. The highest BCUT2D eigenvalue weighted by Gasteiger charge is 2.44. The van der Waals surface area contributed by atoms with E-state index >= 15 is 0 Å². The molecule has 0 saturated heterocycles. The SMILES string of the molecule is C=C1C[C@H](OC)[C@H](OCc2ccccc2)[C@@H](OCc2ccccc2)[C@@H]1OCc1ccccc1. The van der Waals surface area contributed by atoms with Gasteiger partial charge in [-0.2, -0.15) is 0 Å². The molecule has 3 aromatic rings. The first kappa shape index (κ1) is 23.4. The fourth-order valence-corrected chi connectivity index (χ4v) is 4.22. The van der Waals surface area contributed by atoms with Gasteiger partial charge in [0.25, 0.3) is 0 Å². The molecule has 0 heterocycles. The lowest BCUT2D eigenvalue weighted by Gasteiger charge is -2.43. The Morgan fingerprint density at radius 2 is 1.06 bits per heavy atom. The van der Waals surface area contributed by atoms with Gasteiger partial charge in [0.15, 0.2) is 0 Å². The molecule has 0 spiro atoms. The lowest BCUT2D eigenvalue weighted by molar-refractivity contribution is -0.191. The molecule has 0 aliphatic heterocycles. The van der Waals surface area contributed by atoms with E-state index < -0.39 is 0 Å². The first-order valence-corrected chi connectivity index (χ1v) is 11.4. The molecular weight excluding hydrogens is 412 g/mol. The number of ether oxygens (including phenoxy) is 4. The highest BCUT2D eigenvalue weighted by Crippen LogP contribution is 2.33. The molecule has 1 fully saturated rings. The van der Waals surface area contributed by atoms with Crippen LogP contribution in [0.1, 0.15) is 23.1 Å². The topological polar surface area (TPSA) is 36.9 Å². The lowest BCUT2D eigenvalue weighted by Crippen LogP contribution is -2.54. The van der Waals surface area contributed by atoms with Crippen LogP contribution in [0.4, 0.5) is 0 Å². The maximum atomic E-state index is 6.48. The molecule has 0 amide bonds. The number of methoxy groups -OCH3 is 1. The van der Waals surface area contributed by atoms with Crippen molar-refractivity contribution in [1.82, 2.24) is 0 Å². The Kier molecular flexibility index (Phi) is 8.45. The van der Waals surface area contributed by atoms with Crippen molar-refractivity contribution >= 4 is 0 Å². The zero-order valence-electron chi connectivity index (χ0n) is 19.1. The van der Waals surface area contributed by atoms with Gasteiger partial charge in [-0.05, 0) is 28.7 Å².